The molecule has 0 aliphatic rings. The summed E-state index contributed by atoms with van der Waals surface area (Å²) in [7, 11) is 0. The zero-order valence-electron chi connectivity index (χ0n) is 8.86. The molecule has 0 saturated carbocycles. The normalized spacial score (nSPS) is 10.5. The van der Waals surface area contributed by atoms with Gasteiger partial charge in [0, 0.05) is 25.4 Å². The molecule has 0 atom stereocenters. The number of aromatic amines is 1. The van der Waals surface area contributed by atoms with Crippen LogP contribution in [0.1, 0.15) is 19.8 Å². The van der Waals surface area contributed by atoms with E-state index in [2.05, 4.69) is 11.9 Å². The number of aromatic nitrogens is 2. The summed E-state index contributed by atoms with van der Waals surface area (Å²) in [6.45, 7) is 4.22. The molecule has 1 N–H and O–H groups in total. The van der Waals surface area contributed by atoms with Gasteiger partial charge in [-0.25, -0.2) is 0 Å². The zero-order chi connectivity index (χ0) is 11.1. The van der Waals surface area contributed by atoms with Gasteiger partial charge in [-0.2, -0.15) is 0 Å². The Balaban J connectivity index is 2.38. The number of nitrogens with one attached hydrogen (secondary N) is 1. The lowest BCUT2D eigenvalue weighted by Gasteiger charge is -2.06. The van der Waals surface area contributed by atoms with Gasteiger partial charge in [-0.05, 0) is 18.6 Å². The van der Waals surface area contributed by atoms with Crippen molar-refractivity contribution in [2.45, 2.75) is 26.3 Å². The standard InChI is InChI=1S/C10H16N2O2S/c1-2-3-7-14-8-6-12-5-4-9(13)11-10(12)15/h4-5H,2-3,6-8H2,1H3,(H,11,13,15). The summed E-state index contributed by atoms with van der Waals surface area (Å²) < 4.78 is 7.64. The number of hydrogen-bond acceptors (Lipinski definition) is 3. The molecule has 0 unspecified atom stereocenters. The Bertz CT molecular complexity index is 397. The highest BCUT2D eigenvalue weighted by atomic mass is 32.1. The molecule has 0 aromatic carbocycles. The third-order valence-electron chi connectivity index (χ3n) is 2.02. The molecule has 0 aliphatic heterocycles. The fraction of sp³-hybridized carbons (Fsp3) is 0.600. The van der Waals surface area contributed by atoms with Crippen molar-refractivity contribution in [3.8, 4) is 0 Å². The smallest absolute Gasteiger partial charge is 0.251 e. The Kier molecular flexibility index (Phi) is 5.28. The SMILES string of the molecule is CCCCOCCn1ccc(=O)[nH]c1=S. The highest BCUT2D eigenvalue weighted by molar-refractivity contribution is 7.71. The van der Waals surface area contributed by atoms with Crippen molar-refractivity contribution in [2.24, 2.45) is 0 Å². The Morgan fingerprint density at radius 3 is 3.00 bits per heavy atom. The van der Waals surface area contributed by atoms with E-state index in [0.29, 0.717) is 17.9 Å². The number of nitrogens with zero attached hydrogens (tertiary/aromatic N) is 1. The Hall–Kier alpha value is -0.940. The highest BCUT2D eigenvalue weighted by Crippen LogP contribution is 1.91. The third-order valence-corrected chi connectivity index (χ3v) is 2.35. The first-order valence-electron chi connectivity index (χ1n) is 5.11. The van der Waals surface area contributed by atoms with Gasteiger partial charge in [-0.15, -0.1) is 0 Å². The minimum Gasteiger partial charge on any atom is -0.380 e. The molecule has 0 saturated heterocycles. The summed E-state index contributed by atoms with van der Waals surface area (Å²) in [4.78, 5) is 13.4. The minimum absolute atomic E-state index is 0.164. The van der Waals surface area contributed by atoms with Crippen molar-refractivity contribution < 1.29 is 4.74 Å². The van der Waals surface area contributed by atoms with Crippen LogP contribution >= 0.6 is 12.2 Å². The van der Waals surface area contributed by atoms with Gasteiger partial charge >= 0.3 is 0 Å². The van der Waals surface area contributed by atoms with Crippen LogP contribution in [0.3, 0.4) is 0 Å². The zero-order valence-corrected chi connectivity index (χ0v) is 9.68. The monoisotopic (exact) mass is 228 g/mol. The molecular formula is C10H16N2O2S. The Morgan fingerprint density at radius 1 is 1.53 bits per heavy atom. The number of unbranched alkanes of at least 4 members (excludes halogenated alkanes) is 1. The van der Waals surface area contributed by atoms with Crippen molar-refractivity contribution in [2.75, 3.05) is 13.2 Å². The maximum absolute atomic E-state index is 10.9. The quantitative estimate of drug-likeness (QED) is 0.595. The molecule has 0 aliphatic carbocycles. The van der Waals surface area contributed by atoms with Gasteiger partial charge in [0.1, 0.15) is 0 Å². The van der Waals surface area contributed by atoms with E-state index in [-0.39, 0.29) is 5.56 Å². The number of rotatable bonds is 6. The van der Waals surface area contributed by atoms with Crippen LogP contribution in [0.5, 0.6) is 0 Å². The largest absolute Gasteiger partial charge is 0.380 e. The maximum Gasteiger partial charge on any atom is 0.251 e. The summed E-state index contributed by atoms with van der Waals surface area (Å²) in [6, 6.07) is 1.46. The summed E-state index contributed by atoms with van der Waals surface area (Å²) in [5, 5.41) is 0. The topological polar surface area (TPSA) is 47.0 Å². The van der Waals surface area contributed by atoms with E-state index in [1.54, 1.807) is 10.8 Å². The van der Waals surface area contributed by atoms with E-state index in [0.717, 1.165) is 19.4 Å². The predicted octanol–water partition coefficient (Wildman–Crippen LogP) is 1.72. The van der Waals surface area contributed by atoms with Crippen LogP contribution in [-0.2, 0) is 11.3 Å². The number of ether oxygens (including phenoxy) is 1. The molecule has 0 amide bonds. The lowest BCUT2D eigenvalue weighted by molar-refractivity contribution is 0.123. The molecule has 1 aromatic rings. The van der Waals surface area contributed by atoms with Crippen molar-refractivity contribution in [3.63, 3.8) is 0 Å². The molecule has 84 valence electrons. The third kappa shape index (κ3) is 4.40. The first-order valence-corrected chi connectivity index (χ1v) is 5.52. The average molecular weight is 228 g/mol. The van der Waals surface area contributed by atoms with Gasteiger partial charge in [0.2, 0.25) is 0 Å². The highest BCUT2D eigenvalue weighted by Gasteiger charge is 1.93. The number of H-pyrrole nitrogens is 1. The van der Waals surface area contributed by atoms with Crippen LogP contribution in [-0.4, -0.2) is 22.8 Å². The van der Waals surface area contributed by atoms with Gasteiger partial charge in [-0.3, -0.25) is 9.78 Å². The summed E-state index contributed by atoms with van der Waals surface area (Å²) >= 11 is 4.99. The predicted molar refractivity (Wildman–Crippen MR) is 61.6 cm³/mol. The van der Waals surface area contributed by atoms with Gasteiger partial charge in [-0.1, -0.05) is 13.3 Å². The molecule has 15 heavy (non-hydrogen) atoms. The minimum atomic E-state index is -0.164. The van der Waals surface area contributed by atoms with Crippen LogP contribution in [0.15, 0.2) is 17.1 Å². The van der Waals surface area contributed by atoms with Crippen molar-refractivity contribution in [3.05, 3.63) is 27.4 Å². The lowest BCUT2D eigenvalue weighted by atomic mass is 10.4. The van der Waals surface area contributed by atoms with Gasteiger partial charge in [0.05, 0.1) is 6.61 Å². The average Bonchev–Trinajstić information content (AvgIpc) is 2.20. The second kappa shape index (κ2) is 6.53. The second-order valence-corrected chi connectivity index (χ2v) is 3.66. The molecule has 0 spiro atoms. The van der Waals surface area contributed by atoms with Crippen LogP contribution in [0.4, 0.5) is 0 Å². The lowest BCUT2D eigenvalue weighted by Crippen LogP contribution is -2.14. The van der Waals surface area contributed by atoms with Gasteiger partial charge in [0.25, 0.3) is 5.56 Å². The van der Waals surface area contributed by atoms with E-state index < -0.39 is 0 Å². The van der Waals surface area contributed by atoms with Crippen LogP contribution in [0, 0.1) is 4.77 Å². The molecule has 0 bridgehead atoms. The molecule has 0 fully saturated rings. The Labute approximate surface area is 93.9 Å². The van der Waals surface area contributed by atoms with Crippen LogP contribution in [0.25, 0.3) is 0 Å². The van der Waals surface area contributed by atoms with E-state index in [4.69, 9.17) is 17.0 Å². The van der Waals surface area contributed by atoms with E-state index >= 15 is 0 Å². The molecule has 0 radical (unpaired) electrons. The fourth-order valence-corrected chi connectivity index (χ4v) is 1.38. The first kappa shape index (κ1) is 12.1. The first-order chi connectivity index (χ1) is 7.24. The second-order valence-electron chi connectivity index (χ2n) is 3.27. The molecule has 5 heteroatoms. The van der Waals surface area contributed by atoms with E-state index in [9.17, 15) is 4.79 Å². The van der Waals surface area contributed by atoms with E-state index in [1.807, 2.05) is 0 Å². The summed E-state index contributed by atoms with van der Waals surface area (Å²) in [5.74, 6) is 0. The maximum atomic E-state index is 10.9. The molecule has 4 nitrogen and oxygen atoms in total. The van der Waals surface area contributed by atoms with Gasteiger partial charge in [0.15, 0.2) is 4.77 Å². The molecular weight excluding hydrogens is 212 g/mol. The van der Waals surface area contributed by atoms with Crippen molar-refractivity contribution in [1.82, 2.24) is 9.55 Å². The fourth-order valence-electron chi connectivity index (χ4n) is 1.13. The summed E-state index contributed by atoms with van der Waals surface area (Å²) in [6.07, 6.45) is 3.90. The molecule has 1 aromatic heterocycles. The van der Waals surface area contributed by atoms with Crippen LogP contribution < -0.4 is 5.56 Å². The number of hydrogen-bond donors (Lipinski definition) is 1. The Morgan fingerprint density at radius 2 is 2.33 bits per heavy atom. The summed E-state index contributed by atoms with van der Waals surface area (Å²) in [5.41, 5.74) is -0.164. The van der Waals surface area contributed by atoms with Crippen molar-refractivity contribution in [1.29, 1.82) is 0 Å². The van der Waals surface area contributed by atoms with Gasteiger partial charge < -0.3 is 9.30 Å². The van der Waals surface area contributed by atoms with E-state index in [1.165, 1.54) is 6.07 Å². The van der Waals surface area contributed by atoms with Crippen LogP contribution in [0.2, 0.25) is 0 Å². The van der Waals surface area contributed by atoms with Crippen molar-refractivity contribution >= 4 is 12.2 Å². The molecule has 1 rings (SSSR count). The molecule has 1 heterocycles.